The molecule has 1 fully saturated rings. The normalized spacial score (nSPS) is 20.8. The lowest BCUT2D eigenvalue weighted by Gasteiger charge is -2.39. The van der Waals surface area contributed by atoms with E-state index in [1.54, 1.807) is 12.1 Å². The van der Waals surface area contributed by atoms with Crippen LogP contribution in [0.2, 0.25) is 0 Å². The van der Waals surface area contributed by atoms with Crippen molar-refractivity contribution in [1.82, 2.24) is 0 Å². The molecule has 1 aromatic carbocycles. The average molecular weight is 307 g/mol. The van der Waals surface area contributed by atoms with Crippen molar-refractivity contribution < 1.29 is 9.59 Å². The van der Waals surface area contributed by atoms with Crippen molar-refractivity contribution >= 4 is 29.3 Å². The minimum absolute atomic E-state index is 0.154. The van der Waals surface area contributed by atoms with E-state index in [-0.39, 0.29) is 22.6 Å². The van der Waals surface area contributed by atoms with E-state index in [4.69, 9.17) is 11.5 Å². The highest BCUT2D eigenvalue weighted by Gasteiger charge is 2.32. The number of primary amides is 2. The van der Waals surface area contributed by atoms with Crippen molar-refractivity contribution in [2.45, 2.75) is 26.3 Å². The number of carbonyl (C=O) groups is 2. The molecule has 114 valence electrons. The standard InChI is InChI=1S/C15H21N3O2S/c1-15(2)3-4-21-8-12(15)18-11-6-9(13(16)19)5-10(7-11)14(17)20/h5-7,12,18H,3-4,8H2,1-2H3,(H2,16,19)(H2,17,20). The molecule has 1 saturated heterocycles. The Morgan fingerprint density at radius 3 is 2.24 bits per heavy atom. The summed E-state index contributed by atoms with van der Waals surface area (Å²) in [7, 11) is 0. The summed E-state index contributed by atoms with van der Waals surface area (Å²) in [6.07, 6.45) is 1.12. The molecule has 1 heterocycles. The van der Waals surface area contributed by atoms with Crippen LogP contribution >= 0.6 is 11.8 Å². The van der Waals surface area contributed by atoms with Crippen molar-refractivity contribution in [3.8, 4) is 0 Å². The average Bonchev–Trinajstić information content (AvgIpc) is 2.40. The molecule has 5 N–H and O–H groups in total. The van der Waals surface area contributed by atoms with Gasteiger partial charge in [-0.3, -0.25) is 9.59 Å². The van der Waals surface area contributed by atoms with Gasteiger partial charge in [0.1, 0.15) is 0 Å². The molecule has 0 spiro atoms. The summed E-state index contributed by atoms with van der Waals surface area (Å²) in [5.41, 5.74) is 12.1. The molecule has 0 saturated carbocycles. The van der Waals surface area contributed by atoms with E-state index in [2.05, 4.69) is 19.2 Å². The molecule has 1 aromatic rings. The first kappa shape index (κ1) is 15.7. The van der Waals surface area contributed by atoms with Gasteiger partial charge < -0.3 is 16.8 Å². The molecular formula is C15H21N3O2S. The highest BCUT2D eigenvalue weighted by atomic mass is 32.2. The van der Waals surface area contributed by atoms with Crippen LogP contribution in [0.15, 0.2) is 18.2 Å². The van der Waals surface area contributed by atoms with Gasteiger partial charge in [-0.1, -0.05) is 13.8 Å². The van der Waals surface area contributed by atoms with Crippen molar-refractivity contribution in [2.75, 3.05) is 16.8 Å². The zero-order valence-electron chi connectivity index (χ0n) is 12.3. The molecule has 2 rings (SSSR count). The minimum Gasteiger partial charge on any atom is -0.381 e. The highest BCUT2D eigenvalue weighted by molar-refractivity contribution is 7.99. The van der Waals surface area contributed by atoms with Gasteiger partial charge >= 0.3 is 0 Å². The van der Waals surface area contributed by atoms with E-state index in [0.29, 0.717) is 5.69 Å². The van der Waals surface area contributed by atoms with Gasteiger partial charge in [-0.15, -0.1) is 0 Å². The maximum absolute atomic E-state index is 11.4. The Hall–Kier alpha value is -1.69. The van der Waals surface area contributed by atoms with Crippen LogP contribution in [0.1, 0.15) is 41.0 Å². The zero-order valence-corrected chi connectivity index (χ0v) is 13.1. The predicted octanol–water partition coefficient (Wildman–Crippen LogP) is 1.83. The van der Waals surface area contributed by atoms with Crippen LogP contribution in [0.25, 0.3) is 0 Å². The highest BCUT2D eigenvalue weighted by Crippen LogP contribution is 2.36. The second kappa shape index (κ2) is 5.97. The Labute approximate surface area is 128 Å². The maximum Gasteiger partial charge on any atom is 0.248 e. The fraction of sp³-hybridized carbons (Fsp3) is 0.467. The van der Waals surface area contributed by atoms with Crippen LogP contribution in [-0.2, 0) is 0 Å². The van der Waals surface area contributed by atoms with Crippen molar-refractivity contribution in [3.63, 3.8) is 0 Å². The second-order valence-corrected chi connectivity index (χ2v) is 7.19. The summed E-state index contributed by atoms with van der Waals surface area (Å²) < 4.78 is 0. The van der Waals surface area contributed by atoms with E-state index in [0.717, 1.165) is 17.9 Å². The molecule has 0 aromatic heterocycles. The number of thioether (sulfide) groups is 1. The Morgan fingerprint density at radius 1 is 1.19 bits per heavy atom. The van der Waals surface area contributed by atoms with Gasteiger partial charge in [0.15, 0.2) is 0 Å². The smallest absolute Gasteiger partial charge is 0.248 e. The SMILES string of the molecule is CC1(C)CCSCC1Nc1cc(C(N)=O)cc(C(N)=O)c1. The molecule has 1 unspecified atom stereocenters. The number of nitrogens with two attached hydrogens (primary N) is 2. The van der Waals surface area contributed by atoms with Gasteiger partial charge in [0.2, 0.25) is 11.8 Å². The van der Waals surface area contributed by atoms with Crippen LogP contribution in [0.4, 0.5) is 5.69 Å². The Balaban J connectivity index is 2.30. The van der Waals surface area contributed by atoms with Gasteiger partial charge in [0.05, 0.1) is 0 Å². The van der Waals surface area contributed by atoms with E-state index < -0.39 is 11.8 Å². The first-order chi connectivity index (χ1) is 9.79. The summed E-state index contributed by atoms with van der Waals surface area (Å²) in [5, 5.41) is 3.43. The number of benzene rings is 1. The fourth-order valence-electron chi connectivity index (χ4n) is 2.37. The lowest BCUT2D eigenvalue weighted by molar-refractivity contribution is 0.0999. The van der Waals surface area contributed by atoms with Crippen LogP contribution in [0, 0.1) is 5.41 Å². The van der Waals surface area contributed by atoms with Gasteiger partial charge in [-0.2, -0.15) is 11.8 Å². The summed E-state index contributed by atoms with van der Waals surface area (Å²) in [6.45, 7) is 4.44. The van der Waals surface area contributed by atoms with E-state index >= 15 is 0 Å². The number of hydrogen-bond acceptors (Lipinski definition) is 4. The van der Waals surface area contributed by atoms with Gasteiger partial charge in [-0.25, -0.2) is 0 Å². The molecule has 6 heteroatoms. The number of amides is 2. The Morgan fingerprint density at radius 2 is 1.76 bits per heavy atom. The number of hydrogen-bond donors (Lipinski definition) is 3. The maximum atomic E-state index is 11.4. The van der Waals surface area contributed by atoms with Crippen LogP contribution < -0.4 is 16.8 Å². The fourth-order valence-corrected chi connectivity index (χ4v) is 3.98. The lowest BCUT2D eigenvalue weighted by atomic mass is 9.82. The molecule has 0 bridgehead atoms. The van der Waals surface area contributed by atoms with Gasteiger partial charge in [0.25, 0.3) is 0 Å². The number of anilines is 1. The largest absolute Gasteiger partial charge is 0.381 e. The topological polar surface area (TPSA) is 98.2 Å². The Kier molecular flexibility index (Phi) is 4.46. The molecule has 1 aliphatic heterocycles. The zero-order chi connectivity index (χ0) is 15.6. The summed E-state index contributed by atoms with van der Waals surface area (Å²) in [4.78, 5) is 22.8. The quantitative estimate of drug-likeness (QED) is 0.790. The Bertz CT molecular complexity index is 540. The minimum atomic E-state index is -0.571. The molecule has 5 nitrogen and oxygen atoms in total. The van der Waals surface area contributed by atoms with Crippen LogP contribution in [0.5, 0.6) is 0 Å². The van der Waals surface area contributed by atoms with E-state index in [1.165, 1.54) is 6.07 Å². The molecular weight excluding hydrogens is 286 g/mol. The number of rotatable bonds is 4. The van der Waals surface area contributed by atoms with Gasteiger partial charge in [-0.05, 0) is 35.8 Å². The van der Waals surface area contributed by atoms with E-state index in [1.807, 2.05) is 11.8 Å². The third-order valence-electron chi connectivity index (χ3n) is 3.96. The summed E-state index contributed by atoms with van der Waals surface area (Å²) in [6, 6.07) is 5.03. The third-order valence-corrected chi connectivity index (χ3v) is 5.02. The third kappa shape index (κ3) is 3.69. The molecule has 1 aliphatic rings. The molecule has 2 amide bonds. The first-order valence-electron chi connectivity index (χ1n) is 6.88. The predicted molar refractivity (Wildman–Crippen MR) is 86.6 cm³/mol. The monoisotopic (exact) mass is 307 g/mol. The van der Waals surface area contributed by atoms with Crippen molar-refractivity contribution in [1.29, 1.82) is 0 Å². The number of nitrogens with one attached hydrogen (secondary N) is 1. The first-order valence-corrected chi connectivity index (χ1v) is 8.04. The van der Waals surface area contributed by atoms with Crippen LogP contribution in [0.3, 0.4) is 0 Å². The van der Waals surface area contributed by atoms with Crippen molar-refractivity contribution in [3.05, 3.63) is 29.3 Å². The molecule has 21 heavy (non-hydrogen) atoms. The van der Waals surface area contributed by atoms with Crippen molar-refractivity contribution in [2.24, 2.45) is 16.9 Å². The lowest BCUT2D eigenvalue weighted by Crippen LogP contribution is -2.41. The summed E-state index contributed by atoms with van der Waals surface area (Å²) >= 11 is 1.90. The molecule has 1 atom stereocenters. The van der Waals surface area contributed by atoms with Gasteiger partial charge in [0, 0.05) is 28.6 Å². The van der Waals surface area contributed by atoms with E-state index in [9.17, 15) is 9.59 Å². The molecule has 0 aliphatic carbocycles. The molecule has 0 radical (unpaired) electrons. The second-order valence-electron chi connectivity index (χ2n) is 6.04. The number of carbonyl (C=O) groups excluding carboxylic acids is 2. The summed E-state index contributed by atoms with van der Waals surface area (Å²) in [5.74, 6) is 0.996. The van der Waals surface area contributed by atoms with Crippen LogP contribution in [-0.4, -0.2) is 29.4 Å².